The van der Waals surface area contributed by atoms with Crippen LogP contribution in [-0.4, -0.2) is 36.1 Å². The van der Waals surface area contributed by atoms with Gasteiger partial charge in [0, 0.05) is 25.7 Å². The molecule has 1 aromatic heterocycles. The average Bonchev–Trinajstić information content (AvgIpc) is 3.03. The zero-order valence-corrected chi connectivity index (χ0v) is 12.2. The highest BCUT2D eigenvalue weighted by molar-refractivity contribution is 7.18. The fourth-order valence-corrected chi connectivity index (χ4v) is 3.50. The maximum absolute atomic E-state index is 11.3. The number of aromatic nitrogens is 1. The molecule has 1 aliphatic rings. The molecule has 0 spiro atoms. The number of fused-ring (bicyclic) bond motifs is 1. The normalized spacial score (nSPS) is 18.6. The Kier molecular flexibility index (Phi) is 3.31. The molecule has 0 bridgehead atoms. The predicted octanol–water partition coefficient (Wildman–Crippen LogP) is 2.31. The molecule has 1 fully saturated rings. The molecular formula is C13H16N4O2S. The number of hydrogen-bond donors (Lipinski definition) is 1. The SMILES string of the molecule is Cc1nc2cc(N(C)C3CCNC3)c([N+](=O)[O-])cc2s1. The first-order valence-electron chi connectivity index (χ1n) is 6.55. The lowest BCUT2D eigenvalue weighted by atomic mass is 10.1. The number of aryl methyl sites for hydroxylation is 1. The lowest BCUT2D eigenvalue weighted by Crippen LogP contribution is -2.33. The van der Waals surface area contributed by atoms with Gasteiger partial charge in [-0.25, -0.2) is 4.98 Å². The topological polar surface area (TPSA) is 71.3 Å². The number of nitrogens with one attached hydrogen (secondary N) is 1. The Labute approximate surface area is 120 Å². The highest BCUT2D eigenvalue weighted by atomic mass is 32.1. The van der Waals surface area contributed by atoms with Gasteiger partial charge in [-0.05, 0) is 26.0 Å². The first-order valence-corrected chi connectivity index (χ1v) is 7.37. The third-order valence-corrected chi connectivity index (χ3v) is 4.68. The van der Waals surface area contributed by atoms with Crippen LogP contribution in [0.3, 0.4) is 0 Å². The second-order valence-corrected chi connectivity index (χ2v) is 6.29. The van der Waals surface area contributed by atoms with E-state index in [2.05, 4.69) is 10.3 Å². The van der Waals surface area contributed by atoms with E-state index in [1.807, 2.05) is 24.9 Å². The van der Waals surface area contributed by atoms with Crippen LogP contribution in [0, 0.1) is 17.0 Å². The molecule has 1 atom stereocenters. The standard InChI is InChI=1S/C13H16N4O2S/c1-8-15-10-5-11(16(2)9-3-4-14-7-9)12(17(18)19)6-13(10)20-8/h5-6,9,14H,3-4,7H2,1-2H3. The van der Waals surface area contributed by atoms with Crippen molar-refractivity contribution in [2.75, 3.05) is 25.0 Å². The van der Waals surface area contributed by atoms with Crippen LogP contribution in [-0.2, 0) is 0 Å². The Hall–Kier alpha value is -1.73. The van der Waals surface area contributed by atoms with E-state index in [0.29, 0.717) is 11.7 Å². The van der Waals surface area contributed by atoms with Crippen LogP contribution in [0.5, 0.6) is 0 Å². The highest BCUT2D eigenvalue weighted by Gasteiger charge is 2.26. The van der Waals surface area contributed by atoms with Crippen LogP contribution < -0.4 is 10.2 Å². The van der Waals surface area contributed by atoms with Crippen LogP contribution in [0.1, 0.15) is 11.4 Å². The molecule has 7 heteroatoms. The Morgan fingerprint density at radius 3 is 3.00 bits per heavy atom. The molecule has 1 aliphatic heterocycles. The number of nitro groups is 1. The summed E-state index contributed by atoms with van der Waals surface area (Å²) in [5, 5.41) is 15.6. The summed E-state index contributed by atoms with van der Waals surface area (Å²) < 4.78 is 0.871. The largest absolute Gasteiger partial charge is 0.365 e. The van der Waals surface area contributed by atoms with E-state index in [9.17, 15) is 10.1 Å². The van der Waals surface area contributed by atoms with Gasteiger partial charge >= 0.3 is 0 Å². The van der Waals surface area contributed by atoms with E-state index in [0.717, 1.165) is 34.7 Å². The number of hydrogen-bond acceptors (Lipinski definition) is 6. The number of anilines is 1. The molecular weight excluding hydrogens is 276 g/mol. The minimum absolute atomic E-state index is 0.163. The number of nitrogens with zero attached hydrogens (tertiary/aromatic N) is 3. The van der Waals surface area contributed by atoms with Crippen molar-refractivity contribution in [2.24, 2.45) is 0 Å². The molecule has 0 aliphatic carbocycles. The molecule has 106 valence electrons. The molecule has 1 saturated heterocycles. The third-order valence-electron chi connectivity index (χ3n) is 3.75. The van der Waals surface area contributed by atoms with E-state index < -0.39 is 0 Å². The first kappa shape index (κ1) is 13.3. The average molecular weight is 292 g/mol. The fourth-order valence-electron chi connectivity index (χ4n) is 2.66. The van der Waals surface area contributed by atoms with Gasteiger partial charge in [0.2, 0.25) is 0 Å². The van der Waals surface area contributed by atoms with Gasteiger partial charge in [0.05, 0.1) is 20.1 Å². The molecule has 3 rings (SSSR count). The summed E-state index contributed by atoms with van der Waals surface area (Å²) >= 11 is 1.49. The summed E-state index contributed by atoms with van der Waals surface area (Å²) in [6, 6.07) is 3.79. The molecule has 1 unspecified atom stereocenters. The highest BCUT2D eigenvalue weighted by Crippen LogP contribution is 2.36. The molecule has 20 heavy (non-hydrogen) atoms. The minimum atomic E-state index is -0.303. The number of rotatable bonds is 3. The van der Waals surface area contributed by atoms with Crippen LogP contribution in [0.15, 0.2) is 12.1 Å². The number of benzene rings is 1. The van der Waals surface area contributed by atoms with E-state index in [1.165, 1.54) is 11.3 Å². The predicted molar refractivity (Wildman–Crippen MR) is 80.7 cm³/mol. The molecule has 1 N–H and O–H groups in total. The number of likely N-dealkylation sites (N-methyl/N-ethyl adjacent to an activating group) is 1. The summed E-state index contributed by atoms with van der Waals surface area (Å²) in [6.07, 6.45) is 1.00. The van der Waals surface area contributed by atoms with Crippen LogP contribution >= 0.6 is 11.3 Å². The third kappa shape index (κ3) is 2.23. The molecule has 0 amide bonds. The lowest BCUT2D eigenvalue weighted by molar-refractivity contribution is -0.384. The maximum Gasteiger partial charge on any atom is 0.294 e. The Morgan fingerprint density at radius 2 is 2.35 bits per heavy atom. The number of nitro benzene ring substituents is 1. The van der Waals surface area contributed by atoms with Crippen molar-refractivity contribution in [3.05, 3.63) is 27.3 Å². The Balaban J connectivity index is 2.10. The van der Waals surface area contributed by atoms with Crippen molar-refractivity contribution in [1.82, 2.24) is 10.3 Å². The summed E-state index contributed by atoms with van der Waals surface area (Å²) in [4.78, 5) is 17.5. The first-order chi connectivity index (χ1) is 9.56. The van der Waals surface area contributed by atoms with E-state index in [-0.39, 0.29) is 10.6 Å². The van der Waals surface area contributed by atoms with E-state index >= 15 is 0 Å². The summed E-state index contributed by atoms with van der Waals surface area (Å²) in [5.74, 6) is 0. The molecule has 6 nitrogen and oxygen atoms in total. The van der Waals surface area contributed by atoms with Gasteiger partial charge in [-0.1, -0.05) is 0 Å². The molecule has 0 saturated carbocycles. The summed E-state index contributed by atoms with van der Waals surface area (Å²) in [6.45, 7) is 3.74. The quantitative estimate of drug-likeness (QED) is 0.694. The van der Waals surface area contributed by atoms with Gasteiger partial charge < -0.3 is 10.2 Å². The van der Waals surface area contributed by atoms with E-state index in [1.54, 1.807) is 6.07 Å². The molecule has 1 aromatic carbocycles. The Bertz CT molecular complexity index is 664. The fraction of sp³-hybridized carbons (Fsp3) is 0.462. The monoisotopic (exact) mass is 292 g/mol. The second-order valence-electron chi connectivity index (χ2n) is 5.06. The van der Waals surface area contributed by atoms with E-state index in [4.69, 9.17) is 0 Å². The zero-order chi connectivity index (χ0) is 14.3. The van der Waals surface area contributed by atoms with Crippen molar-refractivity contribution < 1.29 is 4.92 Å². The van der Waals surface area contributed by atoms with Gasteiger partial charge in [-0.3, -0.25) is 10.1 Å². The molecule has 2 heterocycles. The van der Waals surface area contributed by atoms with Gasteiger partial charge in [-0.15, -0.1) is 11.3 Å². The molecule has 0 radical (unpaired) electrons. The lowest BCUT2D eigenvalue weighted by Gasteiger charge is -2.25. The van der Waals surface area contributed by atoms with Gasteiger partial charge in [-0.2, -0.15) is 0 Å². The number of thiazole rings is 1. The van der Waals surface area contributed by atoms with Crippen molar-refractivity contribution in [3.63, 3.8) is 0 Å². The van der Waals surface area contributed by atoms with Crippen molar-refractivity contribution in [3.8, 4) is 0 Å². The second kappa shape index (κ2) is 4.99. The van der Waals surface area contributed by atoms with Crippen LogP contribution in [0.2, 0.25) is 0 Å². The van der Waals surface area contributed by atoms with Gasteiger partial charge in [0.25, 0.3) is 5.69 Å². The minimum Gasteiger partial charge on any atom is -0.365 e. The summed E-state index contributed by atoms with van der Waals surface area (Å²) in [7, 11) is 1.92. The van der Waals surface area contributed by atoms with Gasteiger partial charge in [0.15, 0.2) is 0 Å². The van der Waals surface area contributed by atoms with Gasteiger partial charge in [0.1, 0.15) is 5.69 Å². The van der Waals surface area contributed by atoms with Crippen molar-refractivity contribution >= 4 is 32.9 Å². The maximum atomic E-state index is 11.3. The van der Waals surface area contributed by atoms with Crippen molar-refractivity contribution in [1.29, 1.82) is 0 Å². The zero-order valence-electron chi connectivity index (χ0n) is 11.4. The van der Waals surface area contributed by atoms with Crippen LogP contribution in [0.4, 0.5) is 11.4 Å². The smallest absolute Gasteiger partial charge is 0.294 e. The van der Waals surface area contributed by atoms with Crippen molar-refractivity contribution in [2.45, 2.75) is 19.4 Å². The Morgan fingerprint density at radius 1 is 1.55 bits per heavy atom. The summed E-state index contributed by atoms with van der Waals surface area (Å²) in [5.41, 5.74) is 1.66. The molecule has 2 aromatic rings. The van der Waals surface area contributed by atoms with Crippen LogP contribution in [0.25, 0.3) is 10.2 Å².